The van der Waals surface area contributed by atoms with Crippen LogP contribution in [0.5, 0.6) is 0 Å². The van der Waals surface area contributed by atoms with Gasteiger partial charge in [0.25, 0.3) is 0 Å². The molecule has 2 rings (SSSR count). The first-order chi connectivity index (χ1) is 11.7. The minimum atomic E-state index is -1.18. The highest BCUT2D eigenvalue weighted by atomic mass is 16.6. The number of cyclic esters (lactones) is 2. The molecule has 0 aliphatic carbocycles. The highest BCUT2D eigenvalue weighted by Crippen LogP contribution is 2.40. The quantitative estimate of drug-likeness (QED) is 0.396. The van der Waals surface area contributed by atoms with Gasteiger partial charge in [-0.25, -0.2) is 0 Å². The molecule has 1 fully saturated rings. The van der Waals surface area contributed by atoms with Gasteiger partial charge >= 0.3 is 17.9 Å². The Morgan fingerprint density at radius 1 is 0.935 bits per heavy atom. The molecule has 5 atom stereocenters. The largest absolute Gasteiger partial charge is 0.481 e. The van der Waals surface area contributed by atoms with Gasteiger partial charge in [-0.3, -0.25) is 19.2 Å². The van der Waals surface area contributed by atoms with E-state index in [1.165, 1.54) is 13.8 Å². The number of hydrogen-bond acceptors (Lipinski definition) is 5. The lowest BCUT2D eigenvalue weighted by atomic mass is 9.72. The molecule has 31 heavy (non-hydrogen) atoms. The van der Waals surface area contributed by atoms with Crippen molar-refractivity contribution in [2.45, 2.75) is 77.7 Å². The Bertz CT molecular complexity index is 683. The van der Waals surface area contributed by atoms with Gasteiger partial charge in [-0.05, 0) is 24.8 Å². The molecule has 1 aromatic carbocycles. The first kappa shape index (κ1) is 39.0. The van der Waals surface area contributed by atoms with Crippen LogP contribution >= 0.6 is 0 Å². The van der Waals surface area contributed by atoms with Crippen molar-refractivity contribution in [1.29, 1.82) is 0 Å². The van der Waals surface area contributed by atoms with Crippen LogP contribution in [-0.2, 0) is 23.9 Å². The van der Waals surface area contributed by atoms with E-state index < -0.39 is 47.4 Å². The van der Waals surface area contributed by atoms with Gasteiger partial charge in [0.2, 0.25) is 0 Å². The zero-order valence-electron chi connectivity index (χ0n) is 14.5. The lowest BCUT2D eigenvalue weighted by molar-refractivity contribution is -0.155. The number of aliphatic carboxylic acids is 1. The molecule has 182 valence electrons. The maximum absolute atomic E-state index is 12.2. The topological polar surface area (TPSA) is 97.7 Å². The summed E-state index contributed by atoms with van der Waals surface area (Å²) >= 11 is 0. The molecule has 1 heterocycles. The van der Waals surface area contributed by atoms with Crippen molar-refractivity contribution < 1.29 is 29.0 Å². The van der Waals surface area contributed by atoms with Gasteiger partial charge in [0.05, 0.1) is 17.8 Å². The van der Waals surface area contributed by atoms with E-state index in [-0.39, 0.29) is 50.5 Å². The molecular weight excluding hydrogens is 396 g/mol. The van der Waals surface area contributed by atoms with E-state index in [9.17, 15) is 24.3 Å². The number of rotatable bonds is 7. The van der Waals surface area contributed by atoms with Crippen LogP contribution in [0.25, 0.3) is 0 Å². The van der Waals surface area contributed by atoms with Crippen LogP contribution in [-0.4, -0.2) is 28.8 Å². The summed E-state index contributed by atoms with van der Waals surface area (Å²) in [4.78, 5) is 47.8. The summed E-state index contributed by atoms with van der Waals surface area (Å²) in [6.07, 6.45) is 0.315. The van der Waals surface area contributed by atoms with E-state index in [4.69, 9.17) is 4.74 Å². The molecule has 1 aliphatic heterocycles. The fourth-order valence-electron chi connectivity index (χ4n) is 3.56. The van der Waals surface area contributed by atoms with E-state index in [0.29, 0.717) is 6.42 Å². The van der Waals surface area contributed by atoms with Crippen LogP contribution in [0.1, 0.15) is 83.2 Å². The Morgan fingerprint density at radius 2 is 1.42 bits per heavy atom. The number of Topliss-reactive ketones (excluding diaryl/α,β-unsaturated/α-hetero) is 1. The number of carbonyl (C=O) groups excluding carboxylic acids is 3. The second-order valence-electron chi connectivity index (χ2n) is 6.68. The summed E-state index contributed by atoms with van der Waals surface area (Å²) < 4.78 is 4.76. The van der Waals surface area contributed by atoms with E-state index in [1.807, 2.05) is 37.3 Å². The lowest BCUT2D eigenvalue weighted by Gasteiger charge is -2.26. The Kier molecular flexibility index (Phi) is 20.4. The number of ketones is 1. The van der Waals surface area contributed by atoms with Gasteiger partial charge in [-0.15, -0.1) is 0 Å². The third-order valence-electron chi connectivity index (χ3n) is 4.97. The van der Waals surface area contributed by atoms with Gasteiger partial charge in [0, 0.05) is 5.92 Å². The predicted molar refractivity (Wildman–Crippen MR) is 129 cm³/mol. The van der Waals surface area contributed by atoms with Crippen LogP contribution in [0.15, 0.2) is 30.3 Å². The summed E-state index contributed by atoms with van der Waals surface area (Å²) in [6.45, 7) is 4.55. The van der Waals surface area contributed by atoms with E-state index in [1.54, 1.807) is 0 Å². The second-order valence-corrected chi connectivity index (χ2v) is 6.68. The van der Waals surface area contributed by atoms with Crippen LogP contribution < -0.4 is 0 Å². The van der Waals surface area contributed by atoms with Crippen LogP contribution in [0, 0.1) is 23.7 Å². The average Bonchev–Trinajstić information content (AvgIpc) is 2.82. The van der Waals surface area contributed by atoms with Crippen molar-refractivity contribution in [3.8, 4) is 0 Å². The maximum atomic E-state index is 12.2. The third kappa shape index (κ3) is 8.64. The molecule has 1 saturated heterocycles. The summed E-state index contributed by atoms with van der Waals surface area (Å²) in [5.74, 6) is -7.16. The zero-order valence-corrected chi connectivity index (χ0v) is 14.5. The van der Waals surface area contributed by atoms with Gasteiger partial charge in [-0.1, -0.05) is 88.7 Å². The molecule has 6 nitrogen and oxygen atoms in total. The molecule has 0 aromatic heterocycles. The summed E-state index contributed by atoms with van der Waals surface area (Å²) in [5, 5.41) is 9.27. The molecule has 0 saturated carbocycles. The molecule has 4 unspecified atom stereocenters. The molecule has 1 N–H and O–H groups in total. The Hall–Kier alpha value is -2.50. The monoisotopic (exact) mass is 442 g/mol. The summed E-state index contributed by atoms with van der Waals surface area (Å²) in [5.41, 5.74) is 0.999. The number of ether oxygens (including phenoxy) is 1. The molecule has 0 amide bonds. The van der Waals surface area contributed by atoms with E-state index in [0.717, 1.165) is 5.56 Å². The number of carboxylic acid groups (broad SMARTS) is 1. The van der Waals surface area contributed by atoms with E-state index >= 15 is 0 Å². The fourth-order valence-corrected chi connectivity index (χ4v) is 3.56. The fraction of sp³-hybridized carbons (Fsp3) is 0.600. The third-order valence-corrected chi connectivity index (χ3v) is 4.97. The minimum absolute atomic E-state index is 0. The smallest absolute Gasteiger partial charge is 0.318 e. The van der Waals surface area contributed by atoms with E-state index in [2.05, 4.69) is 0 Å². The standard InChI is InChI=1S/C19H22O6.6CH4/c1-10(13-7-5-4-6-8-13)9-14-16(19(24)25-18(14)23)15(12(3)20)11(2)17(21)22;;;;;;/h4-8,10-11,14-16H,9H2,1-3H3,(H,21,22);6*1H4/t10?,11?,14?,15-,16?;;;;;;/m1....../s1. The van der Waals surface area contributed by atoms with Crippen molar-refractivity contribution in [1.82, 2.24) is 0 Å². The highest BCUT2D eigenvalue weighted by molar-refractivity contribution is 6.00. The second kappa shape index (κ2) is 16.2. The van der Waals surface area contributed by atoms with Crippen LogP contribution in [0.4, 0.5) is 0 Å². The summed E-state index contributed by atoms with van der Waals surface area (Å²) in [6, 6.07) is 9.49. The molecule has 1 aromatic rings. The lowest BCUT2D eigenvalue weighted by Crippen LogP contribution is -2.38. The van der Waals surface area contributed by atoms with Crippen LogP contribution in [0.2, 0.25) is 0 Å². The Balaban J connectivity index is -0.000000376. The molecule has 0 spiro atoms. The van der Waals surface area contributed by atoms with Crippen molar-refractivity contribution in [2.75, 3.05) is 0 Å². The van der Waals surface area contributed by atoms with Crippen molar-refractivity contribution in [2.24, 2.45) is 23.7 Å². The maximum Gasteiger partial charge on any atom is 0.318 e. The van der Waals surface area contributed by atoms with Crippen molar-refractivity contribution >= 4 is 23.7 Å². The molecule has 0 radical (unpaired) electrons. The Labute approximate surface area is 190 Å². The molecular formula is C25H46O6. The zero-order chi connectivity index (χ0) is 18.7. The predicted octanol–water partition coefficient (Wildman–Crippen LogP) is 6.24. The Morgan fingerprint density at radius 3 is 1.84 bits per heavy atom. The number of esters is 2. The highest BCUT2D eigenvalue weighted by Gasteiger charge is 2.52. The molecule has 0 bridgehead atoms. The molecule has 6 heteroatoms. The van der Waals surface area contributed by atoms with Crippen molar-refractivity contribution in [3.63, 3.8) is 0 Å². The number of carboxylic acids is 1. The first-order valence-corrected chi connectivity index (χ1v) is 8.27. The van der Waals surface area contributed by atoms with Crippen LogP contribution in [0.3, 0.4) is 0 Å². The molecule has 1 aliphatic rings. The SMILES string of the molecule is C.C.C.C.C.C.CC(=O)[C@@H](C(C)C(=O)O)C1C(=O)OC(=O)C1CC(C)c1ccccc1. The normalized spacial score (nSPS) is 19.1. The first-order valence-electron chi connectivity index (χ1n) is 8.27. The van der Waals surface area contributed by atoms with Gasteiger partial charge in [0.1, 0.15) is 5.78 Å². The minimum Gasteiger partial charge on any atom is -0.481 e. The van der Waals surface area contributed by atoms with Gasteiger partial charge in [-0.2, -0.15) is 0 Å². The number of benzene rings is 1. The number of carbonyl (C=O) groups is 4. The van der Waals surface area contributed by atoms with Gasteiger partial charge in [0.15, 0.2) is 0 Å². The van der Waals surface area contributed by atoms with Crippen molar-refractivity contribution in [3.05, 3.63) is 35.9 Å². The summed E-state index contributed by atoms with van der Waals surface area (Å²) in [7, 11) is 0. The number of hydrogen-bond donors (Lipinski definition) is 1. The van der Waals surface area contributed by atoms with Gasteiger partial charge < -0.3 is 9.84 Å². The average molecular weight is 443 g/mol.